The smallest absolute Gasteiger partial charge is 0.408 e. The Kier molecular flexibility index (Phi) is 9.34. The summed E-state index contributed by atoms with van der Waals surface area (Å²) in [5.74, 6) is -0.321. The van der Waals surface area contributed by atoms with Gasteiger partial charge < -0.3 is 25.0 Å². The van der Waals surface area contributed by atoms with E-state index in [9.17, 15) is 19.6 Å². The Morgan fingerprint density at radius 2 is 1.76 bits per heavy atom. The molecule has 2 N–H and O–H groups in total. The number of nitriles is 1. The van der Waals surface area contributed by atoms with Crippen LogP contribution in [0.15, 0.2) is 42.5 Å². The average Bonchev–Trinajstić information content (AvgIpc) is 3.25. The van der Waals surface area contributed by atoms with Gasteiger partial charge in [0.1, 0.15) is 17.2 Å². The summed E-state index contributed by atoms with van der Waals surface area (Å²) >= 11 is 0. The van der Waals surface area contributed by atoms with Gasteiger partial charge in [0.05, 0.1) is 12.7 Å². The maximum atomic E-state index is 13.5. The lowest BCUT2D eigenvalue weighted by Crippen LogP contribution is -2.61. The van der Waals surface area contributed by atoms with Gasteiger partial charge in [0, 0.05) is 32.2 Å². The van der Waals surface area contributed by atoms with Gasteiger partial charge in [-0.25, -0.2) is 4.79 Å². The number of rotatable bonds is 9. The third kappa shape index (κ3) is 7.44. The number of hydrogen-bond donors (Lipinski definition) is 2. The lowest BCUT2D eigenvalue weighted by Gasteiger charge is -2.37. The molecule has 0 radical (unpaired) electrons. The van der Waals surface area contributed by atoms with Crippen LogP contribution in [-0.2, 0) is 27.2 Å². The van der Waals surface area contributed by atoms with Gasteiger partial charge in [-0.05, 0) is 68.0 Å². The van der Waals surface area contributed by atoms with Crippen LogP contribution in [0.25, 0.3) is 11.1 Å². The molecule has 1 aliphatic heterocycles. The molecule has 1 saturated carbocycles. The summed E-state index contributed by atoms with van der Waals surface area (Å²) in [6, 6.07) is 15.2. The second kappa shape index (κ2) is 12.7. The number of alkyl carbamates (subject to hydrolysis) is 1. The van der Waals surface area contributed by atoms with Crippen LogP contribution < -0.4 is 10.6 Å². The van der Waals surface area contributed by atoms with Crippen molar-refractivity contribution >= 4 is 17.9 Å². The first-order valence-corrected chi connectivity index (χ1v) is 14.3. The molecule has 2 aliphatic rings. The number of carbonyl (C=O) groups excluding carboxylic acids is 3. The van der Waals surface area contributed by atoms with Crippen molar-refractivity contribution in [2.75, 3.05) is 20.3 Å². The third-order valence-corrected chi connectivity index (χ3v) is 7.62. The standard InChI is InChI=1S/C32H40N4O5/c1-31(2,3)41-30(39)35-32(14-6-5-7-15-32)29(38)34-26(20-33)18-22-8-10-23(11-9-22)24-12-13-27-25(19-24)21-36(28(27)37)16-17-40-4/h8-13,19,26H,5-7,14-18,21H2,1-4H3,(H,34,38)(H,35,39). The number of benzene rings is 2. The Hall–Kier alpha value is -3.90. The molecular weight excluding hydrogens is 520 g/mol. The topological polar surface area (TPSA) is 121 Å². The average molecular weight is 561 g/mol. The lowest BCUT2D eigenvalue weighted by molar-refractivity contribution is -0.129. The van der Waals surface area contributed by atoms with Gasteiger partial charge in [0.25, 0.3) is 5.91 Å². The molecule has 0 aromatic heterocycles. The zero-order valence-electron chi connectivity index (χ0n) is 24.4. The van der Waals surface area contributed by atoms with E-state index in [0.29, 0.717) is 39.0 Å². The van der Waals surface area contributed by atoms with E-state index in [-0.39, 0.29) is 11.8 Å². The molecule has 1 atom stereocenters. The quantitative estimate of drug-likeness (QED) is 0.457. The maximum Gasteiger partial charge on any atom is 0.408 e. The van der Waals surface area contributed by atoms with Gasteiger partial charge in [-0.3, -0.25) is 9.59 Å². The first kappa shape index (κ1) is 30.1. The van der Waals surface area contributed by atoms with Crippen molar-refractivity contribution in [2.45, 2.75) is 83.0 Å². The molecule has 0 bridgehead atoms. The van der Waals surface area contributed by atoms with E-state index in [2.05, 4.69) is 22.8 Å². The minimum atomic E-state index is -1.09. The second-order valence-electron chi connectivity index (χ2n) is 11.9. The Morgan fingerprint density at radius 3 is 2.39 bits per heavy atom. The highest BCUT2D eigenvalue weighted by atomic mass is 16.6. The number of amides is 3. The number of nitrogens with zero attached hydrogens (tertiary/aromatic N) is 2. The zero-order chi connectivity index (χ0) is 29.6. The SMILES string of the molecule is COCCN1Cc2cc(-c3ccc(CC(C#N)NC(=O)C4(NC(=O)OC(C)(C)C)CCCCC4)cc3)ccc2C1=O. The molecule has 4 rings (SSSR count). The number of carbonyl (C=O) groups is 3. The number of hydrogen-bond acceptors (Lipinski definition) is 6. The highest BCUT2D eigenvalue weighted by Crippen LogP contribution is 2.30. The molecule has 9 heteroatoms. The van der Waals surface area contributed by atoms with Crippen LogP contribution in [0.4, 0.5) is 4.79 Å². The van der Waals surface area contributed by atoms with Gasteiger partial charge in [-0.2, -0.15) is 5.26 Å². The summed E-state index contributed by atoms with van der Waals surface area (Å²) in [6.45, 7) is 6.96. The third-order valence-electron chi connectivity index (χ3n) is 7.62. The van der Waals surface area contributed by atoms with E-state index in [1.807, 2.05) is 36.4 Å². The molecule has 9 nitrogen and oxygen atoms in total. The first-order chi connectivity index (χ1) is 19.5. The molecule has 1 unspecified atom stereocenters. The Labute approximate surface area is 242 Å². The minimum absolute atomic E-state index is 0.0276. The van der Waals surface area contributed by atoms with Crippen molar-refractivity contribution in [2.24, 2.45) is 0 Å². The Balaban J connectivity index is 1.41. The molecule has 1 fully saturated rings. The summed E-state index contributed by atoms with van der Waals surface area (Å²) in [7, 11) is 1.62. The van der Waals surface area contributed by atoms with Crippen LogP contribution in [0, 0.1) is 11.3 Å². The molecule has 0 saturated heterocycles. The van der Waals surface area contributed by atoms with Gasteiger partial charge in [0.15, 0.2) is 0 Å². The van der Waals surface area contributed by atoms with Gasteiger partial charge in [-0.1, -0.05) is 49.6 Å². The molecule has 41 heavy (non-hydrogen) atoms. The van der Waals surface area contributed by atoms with Crippen LogP contribution in [0.1, 0.15) is 74.4 Å². The maximum absolute atomic E-state index is 13.5. The van der Waals surface area contributed by atoms with Crippen LogP contribution in [0.3, 0.4) is 0 Å². The summed E-state index contributed by atoms with van der Waals surface area (Å²) < 4.78 is 10.5. The monoisotopic (exact) mass is 560 g/mol. The zero-order valence-corrected chi connectivity index (χ0v) is 24.4. The lowest BCUT2D eigenvalue weighted by atomic mass is 9.80. The molecule has 2 aromatic carbocycles. The van der Waals surface area contributed by atoms with E-state index in [1.165, 1.54) is 0 Å². The second-order valence-corrected chi connectivity index (χ2v) is 11.9. The summed E-state index contributed by atoms with van der Waals surface area (Å²) in [4.78, 5) is 40.4. The van der Waals surface area contributed by atoms with Crippen LogP contribution in [0.2, 0.25) is 0 Å². The number of ether oxygens (including phenoxy) is 2. The van der Waals surface area contributed by atoms with E-state index in [0.717, 1.165) is 47.1 Å². The molecule has 0 spiro atoms. The van der Waals surface area contributed by atoms with Crippen molar-refractivity contribution in [3.05, 3.63) is 59.2 Å². The van der Waals surface area contributed by atoms with Gasteiger partial charge in [0.2, 0.25) is 5.91 Å². The molecule has 218 valence electrons. The highest BCUT2D eigenvalue weighted by molar-refractivity contribution is 5.99. The summed E-state index contributed by atoms with van der Waals surface area (Å²) in [5.41, 5.74) is 2.87. The predicted octanol–water partition coefficient (Wildman–Crippen LogP) is 4.73. The van der Waals surface area contributed by atoms with E-state index in [4.69, 9.17) is 9.47 Å². The Bertz CT molecular complexity index is 1300. The van der Waals surface area contributed by atoms with Crippen molar-refractivity contribution < 1.29 is 23.9 Å². The fourth-order valence-electron chi connectivity index (χ4n) is 5.50. The molecule has 1 aliphatic carbocycles. The number of nitrogens with one attached hydrogen (secondary N) is 2. The van der Waals surface area contributed by atoms with Crippen LogP contribution in [0.5, 0.6) is 0 Å². The summed E-state index contributed by atoms with van der Waals surface area (Å²) in [6.07, 6.45) is 3.32. The van der Waals surface area contributed by atoms with Crippen molar-refractivity contribution in [1.29, 1.82) is 5.26 Å². The van der Waals surface area contributed by atoms with Crippen LogP contribution >= 0.6 is 0 Å². The fraction of sp³-hybridized carbons (Fsp3) is 0.500. The van der Waals surface area contributed by atoms with Crippen molar-refractivity contribution in [1.82, 2.24) is 15.5 Å². The Morgan fingerprint density at radius 1 is 1.07 bits per heavy atom. The van der Waals surface area contributed by atoms with E-state index < -0.39 is 23.3 Å². The molecule has 2 aromatic rings. The van der Waals surface area contributed by atoms with Crippen molar-refractivity contribution in [3.8, 4) is 17.2 Å². The first-order valence-electron chi connectivity index (χ1n) is 14.3. The van der Waals surface area contributed by atoms with E-state index in [1.54, 1.807) is 32.8 Å². The molecule has 3 amide bonds. The predicted molar refractivity (Wildman–Crippen MR) is 155 cm³/mol. The summed E-state index contributed by atoms with van der Waals surface area (Å²) in [5, 5.41) is 15.6. The highest BCUT2D eigenvalue weighted by Gasteiger charge is 2.42. The number of fused-ring (bicyclic) bond motifs is 1. The number of methoxy groups -OCH3 is 1. The van der Waals surface area contributed by atoms with Crippen LogP contribution in [-0.4, -0.2) is 60.3 Å². The van der Waals surface area contributed by atoms with Crippen molar-refractivity contribution in [3.63, 3.8) is 0 Å². The fourth-order valence-corrected chi connectivity index (χ4v) is 5.50. The molecule has 1 heterocycles. The largest absolute Gasteiger partial charge is 0.444 e. The minimum Gasteiger partial charge on any atom is -0.444 e. The molecular formula is C32H40N4O5. The van der Waals surface area contributed by atoms with Gasteiger partial charge in [-0.15, -0.1) is 0 Å². The van der Waals surface area contributed by atoms with Gasteiger partial charge >= 0.3 is 6.09 Å². The van der Waals surface area contributed by atoms with E-state index >= 15 is 0 Å². The normalized spacial score (nSPS) is 16.9.